The number of nitrogens with zero attached hydrogens (tertiary/aromatic N) is 5. The highest BCUT2D eigenvalue weighted by atomic mass is 32.2. The van der Waals surface area contributed by atoms with Gasteiger partial charge in [-0.3, -0.25) is 10.1 Å². The number of amides is 1. The maximum Gasteiger partial charge on any atom is 0.322 e. The largest absolute Gasteiger partial charge is 0.403 e. The number of aromatic nitrogens is 5. The van der Waals surface area contributed by atoms with Gasteiger partial charge in [-0.25, -0.2) is 0 Å². The third-order valence-corrected chi connectivity index (χ3v) is 5.17. The Bertz CT molecular complexity index is 1090. The summed E-state index contributed by atoms with van der Waals surface area (Å²) in [6, 6.07) is 19.5. The first-order valence-corrected chi connectivity index (χ1v) is 9.91. The summed E-state index contributed by atoms with van der Waals surface area (Å²) >= 11 is 1.30. The van der Waals surface area contributed by atoms with Gasteiger partial charge in [-0.05, 0) is 17.7 Å². The molecule has 8 nitrogen and oxygen atoms in total. The zero-order valence-electron chi connectivity index (χ0n) is 15.6. The molecule has 9 heteroatoms. The molecule has 0 unspecified atom stereocenters. The Morgan fingerprint density at radius 2 is 1.72 bits per heavy atom. The number of benzene rings is 2. The Kier molecular flexibility index (Phi) is 5.66. The highest BCUT2D eigenvalue weighted by Gasteiger charge is 2.14. The van der Waals surface area contributed by atoms with Crippen molar-refractivity contribution < 1.29 is 9.21 Å². The number of carbonyl (C=O) groups excluding carboxylic acids is 1. The van der Waals surface area contributed by atoms with Gasteiger partial charge in [0.05, 0.1) is 5.75 Å². The Balaban J connectivity index is 1.33. The van der Waals surface area contributed by atoms with Crippen molar-refractivity contribution in [3.8, 4) is 11.5 Å². The van der Waals surface area contributed by atoms with E-state index >= 15 is 0 Å². The predicted molar refractivity (Wildman–Crippen MR) is 109 cm³/mol. The second-order valence-electron chi connectivity index (χ2n) is 6.24. The average molecular weight is 406 g/mol. The lowest BCUT2D eigenvalue weighted by atomic mass is 10.1. The number of nitrogens with one attached hydrogen (secondary N) is 1. The number of hydrogen-bond acceptors (Lipinski definition) is 7. The van der Waals surface area contributed by atoms with Crippen LogP contribution < -0.4 is 5.32 Å². The highest BCUT2D eigenvalue weighted by molar-refractivity contribution is 7.99. The van der Waals surface area contributed by atoms with E-state index in [4.69, 9.17) is 4.42 Å². The second kappa shape index (κ2) is 8.70. The van der Waals surface area contributed by atoms with E-state index in [1.165, 1.54) is 11.8 Å². The van der Waals surface area contributed by atoms with E-state index in [0.717, 1.165) is 17.0 Å². The van der Waals surface area contributed by atoms with E-state index in [2.05, 4.69) is 25.7 Å². The molecule has 0 aliphatic heterocycles. The molecule has 2 aromatic heterocycles. The fourth-order valence-corrected chi connectivity index (χ4v) is 3.39. The fourth-order valence-electron chi connectivity index (χ4n) is 2.66. The highest BCUT2D eigenvalue weighted by Crippen LogP contribution is 2.20. The molecule has 0 aliphatic rings. The molecule has 0 aliphatic carbocycles. The van der Waals surface area contributed by atoms with Crippen LogP contribution in [0, 0.1) is 0 Å². The Hall–Kier alpha value is -3.46. The van der Waals surface area contributed by atoms with Crippen molar-refractivity contribution in [1.82, 2.24) is 25.0 Å². The summed E-state index contributed by atoms with van der Waals surface area (Å²) < 4.78 is 7.38. The smallest absolute Gasteiger partial charge is 0.322 e. The molecular weight excluding hydrogens is 388 g/mol. The zero-order valence-corrected chi connectivity index (χ0v) is 16.5. The summed E-state index contributed by atoms with van der Waals surface area (Å²) in [5.41, 5.74) is 1.95. The molecule has 29 heavy (non-hydrogen) atoms. The van der Waals surface area contributed by atoms with Crippen LogP contribution in [0.5, 0.6) is 0 Å². The zero-order chi connectivity index (χ0) is 20.1. The molecule has 0 saturated heterocycles. The summed E-state index contributed by atoms with van der Waals surface area (Å²) in [7, 11) is 1.89. The minimum absolute atomic E-state index is 0.0668. The maximum atomic E-state index is 12.2. The van der Waals surface area contributed by atoms with Crippen LogP contribution in [-0.4, -0.2) is 36.6 Å². The molecule has 2 aromatic carbocycles. The quantitative estimate of drug-likeness (QED) is 0.471. The van der Waals surface area contributed by atoms with Gasteiger partial charge in [-0.2, -0.15) is 0 Å². The molecule has 0 spiro atoms. The molecule has 0 atom stereocenters. The Morgan fingerprint density at radius 3 is 2.48 bits per heavy atom. The van der Waals surface area contributed by atoms with Gasteiger partial charge in [0.15, 0.2) is 5.16 Å². The number of rotatable bonds is 7. The molecular formula is C20H18N6O2S. The topological polar surface area (TPSA) is 98.7 Å². The van der Waals surface area contributed by atoms with Gasteiger partial charge in [0.1, 0.15) is 5.82 Å². The number of hydrogen-bond donors (Lipinski definition) is 1. The van der Waals surface area contributed by atoms with Crippen LogP contribution in [0.1, 0.15) is 11.4 Å². The van der Waals surface area contributed by atoms with E-state index in [1.807, 2.05) is 72.3 Å². The van der Waals surface area contributed by atoms with Crippen molar-refractivity contribution in [2.24, 2.45) is 7.05 Å². The van der Waals surface area contributed by atoms with Crippen LogP contribution in [0.2, 0.25) is 0 Å². The van der Waals surface area contributed by atoms with Crippen LogP contribution in [0.4, 0.5) is 6.01 Å². The summed E-state index contributed by atoms with van der Waals surface area (Å²) in [6.07, 6.45) is 0.682. The van der Waals surface area contributed by atoms with Gasteiger partial charge in [0, 0.05) is 19.0 Å². The minimum Gasteiger partial charge on any atom is -0.403 e. The summed E-state index contributed by atoms with van der Waals surface area (Å²) in [4.78, 5) is 12.2. The van der Waals surface area contributed by atoms with Crippen molar-refractivity contribution in [3.63, 3.8) is 0 Å². The Morgan fingerprint density at radius 1 is 1.00 bits per heavy atom. The van der Waals surface area contributed by atoms with E-state index in [0.29, 0.717) is 17.5 Å². The van der Waals surface area contributed by atoms with Crippen LogP contribution in [0.15, 0.2) is 70.2 Å². The molecule has 4 aromatic rings. The number of thioether (sulfide) groups is 1. The van der Waals surface area contributed by atoms with E-state index in [9.17, 15) is 4.79 Å². The van der Waals surface area contributed by atoms with Crippen LogP contribution in [0.25, 0.3) is 11.5 Å². The van der Waals surface area contributed by atoms with Crippen molar-refractivity contribution in [1.29, 1.82) is 0 Å². The standard InChI is InChI=1S/C20H18N6O2S/c1-26-16(12-14-8-4-2-5-9-14)22-25-20(26)29-13-17(27)21-19-24-23-18(28-19)15-10-6-3-7-11-15/h2-11H,12-13H2,1H3,(H,21,24,27). The van der Waals surface area contributed by atoms with Crippen molar-refractivity contribution >= 4 is 23.7 Å². The summed E-state index contributed by atoms with van der Waals surface area (Å²) in [5, 5.41) is 19.5. The molecule has 1 amide bonds. The summed E-state index contributed by atoms with van der Waals surface area (Å²) in [5.74, 6) is 1.09. The van der Waals surface area contributed by atoms with Gasteiger partial charge in [-0.1, -0.05) is 65.4 Å². The molecule has 146 valence electrons. The molecule has 1 N–H and O–H groups in total. The lowest BCUT2D eigenvalue weighted by Gasteiger charge is -2.04. The van der Waals surface area contributed by atoms with Crippen molar-refractivity contribution in [2.75, 3.05) is 11.1 Å². The summed E-state index contributed by atoms with van der Waals surface area (Å²) in [6.45, 7) is 0. The lowest BCUT2D eigenvalue weighted by molar-refractivity contribution is -0.113. The first-order chi connectivity index (χ1) is 14.2. The van der Waals surface area contributed by atoms with Gasteiger partial charge in [0.25, 0.3) is 0 Å². The first-order valence-electron chi connectivity index (χ1n) is 8.93. The van der Waals surface area contributed by atoms with Gasteiger partial charge < -0.3 is 8.98 Å². The first kappa shape index (κ1) is 18.9. The lowest BCUT2D eigenvalue weighted by Crippen LogP contribution is -2.14. The second-order valence-corrected chi connectivity index (χ2v) is 7.18. The van der Waals surface area contributed by atoms with Crippen molar-refractivity contribution in [2.45, 2.75) is 11.6 Å². The van der Waals surface area contributed by atoms with Crippen LogP contribution in [0.3, 0.4) is 0 Å². The van der Waals surface area contributed by atoms with Crippen LogP contribution >= 0.6 is 11.8 Å². The minimum atomic E-state index is -0.258. The molecule has 4 rings (SSSR count). The molecule has 0 saturated carbocycles. The van der Waals surface area contributed by atoms with E-state index in [-0.39, 0.29) is 17.7 Å². The van der Waals surface area contributed by atoms with Gasteiger partial charge in [0.2, 0.25) is 11.8 Å². The SMILES string of the molecule is Cn1c(Cc2ccccc2)nnc1SCC(=O)Nc1nnc(-c2ccccc2)o1. The van der Waals surface area contributed by atoms with Crippen LogP contribution in [-0.2, 0) is 18.3 Å². The third kappa shape index (κ3) is 4.69. The monoisotopic (exact) mass is 406 g/mol. The maximum absolute atomic E-state index is 12.2. The number of anilines is 1. The average Bonchev–Trinajstić information content (AvgIpc) is 3.35. The molecule has 2 heterocycles. The Labute approximate surface area is 171 Å². The molecule has 0 radical (unpaired) electrons. The van der Waals surface area contributed by atoms with E-state index in [1.54, 1.807) is 0 Å². The van der Waals surface area contributed by atoms with E-state index < -0.39 is 0 Å². The van der Waals surface area contributed by atoms with Gasteiger partial charge >= 0.3 is 6.01 Å². The predicted octanol–water partition coefficient (Wildman–Crippen LogP) is 3.19. The molecule has 0 fully saturated rings. The molecule has 0 bridgehead atoms. The van der Waals surface area contributed by atoms with Gasteiger partial charge in [-0.15, -0.1) is 15.3 Å². The number of carbonyl (C=O) groups is 1. The fraction of sp³-hybridized carbons (Fsp3) is 0.150. The third-order valence-electron chi connectivity index (χ3n) is 4.15. The normalized spacial score (nSPS) is 10.8. The van der Waals surface area contributed by atoms with Crippen molar-refractivity contribution in [3.05, 3.63) is 72.1 Å².